The molecule has 0 fully saturated rings. The highest BCUT2D eigenvalue weighted by Gasteiger charge is 2.07. The van der Waals surface area contributed by atoms with Crippen LogP contribution in [0.5, 0.6) is 5.75 Å². The molecular formula is C18H19N5O2. The van der Waals surface area contributed by atoms with Crippen molar-refractivity contribution >= 4 is 5.91 Å². The van der Waals surface area contributed by atoms with Crippen molar-refractivity contribution in [1.29, 1.82) is 0 Å². The molecule has 1 N–H and O–H groups in total. The van der Waals surface area contributed by atoms with Crippen molar-refractivity contribution in [3.63, 3.8) is 0 Å². The maximum atomic E-state index is 12.2. The number of aryl methyl sites for hydroxylation is 1. The highest BCUT2D eigenvalue weighted by molar-refractivity contribution is 5.94. The Morgan fingerprint density at radius 3 is 2.44 bits per heavy atom. The van der Waals surface area contributed by atoms with E-state index in [2.05, 4.69) is 20.8 Å². The van der Waals surface area contributed by atoms with Crippen molar-refractivity contribution in [1.82, 2.24) is 25.5 Å². The van der Waals surface area contributed by atoms with Crippen molar-refractivity contribution in [3.05, 3.63) is 65.5 Å². The summed E-state index contributed by atoms with van der Waals surface area (Å²) < 4.78 is 6.75. The minimum atomic E-state index is -0.103. The molecule has 0 spiro atoms. The van der Waals surface area contributed by atoms with Gasteiger partial charge in [-0.05, 0) is 65.7 Å². The number of nitrogens with zero attached hydrogens (tertiary/aromatic N) is 4. The van der Waals surface area contributed by atoms with Crippen LogP contribution in [0.15, 0.2) is 48.5 Å². The summed E-state index contributed by atoms with van der Waals surface area (Å²) in [5.41, 5.74) is 2.56. The SMILES string of the molecule is COc1ccc(CCNC(=O)c2ccc(-n3nnnc3C)cc2)cc1. The van der Waals surface area contributed by atoms with Crippen molar-refractivity contribution in [3.8, 4) is 11.4 Å². The number of hydrogen-bond donors (Lipinski definition) is 1. The Bertz CT molecular complexity index is 841. The highest BCUT2D eigenvalue weighted by atomic mass is 16.5. The van der Waals surface area contributed by atoms with E-state index >= 15 is 0 Å². The van der Waals surface area contributed by atoms with Gasteiger partial charge in [0.25, 0.3) is 5.91 Å². The van der Waals surface area contributed by atoms with Crippen LogP contribution >= 0.6 is 0 Å². The molecule has 7 heteroatoms. The Morgan fingerprint density at radius 2 is 1.84 bits per heavy atom. The Labute approximate surface area is 145 Å². The van der Waals surface area contributed by atoms with Gasteiger partial charge >= 0.3 is 0 Å². The number of ether oxygens (including phenoxy) is 1. The van der Waals surface area contributed by atoms with E-state index in [9.17, 15) is 4.79 Å². The standard InChI is InChI=1S/C18H19N5O2/c1-13-20-21-22-23(13)16-7-5-15(6-8-16)18(24)19-12-11-14-3-9-17(25-2)10-4-14/h3-10H,11-12H2,1-2H3,(H,19,24). The summed E-state index contributed by atoms with van der Waals surface area (Å²) >= 11 is 0. The summed E-state index contributed by atoms with van der Waals surface area (Å²) in [6.45, 7) is 2.39. The van der Waals surface area contributed by atoms with E-state index < -0.39 is 0 Å². The molecule has 25 heavy (non-hydrogen) atoms. The zero-order valence-corrected chi connectivity index (χ0v) is 14.1. The number of rotatable bonds is 6. The Balaban J connectivity index is 1.55. The molecule has 0 saturated heterocycles. The molecule has 0 aliphatic carbocycles. The quantitative estimate of drug-likeness (QED) is 0.743. The predicted molar refractivity (Wildman–Crippen MR) is 92.9 cm³/mol. The molecule has 1 heterocycles. The maximum absolute atomic E-state index is 12.2. The van der Waals surface area contributed by atoms with Crippen LogP contribution in [0, 0.1) is 6.92 Å². The van der Waals surface area contributed by atoms with Crippen molar-refractivity contribution < 1.29 is 9.53 Å². The van der Waals surface area contributed by atoms with Crippen molar-refractivity contribution in [2.45, 2.75) is 13.3 Å². The molecule has 0 aliphatic rings. The second-order valence-corrected chi connectivity index (χ2v) is 5.54. The monoisotopic (exact) mass is 337 g/mol. The summed E-state index contributed by atoms with van der Waals surface area (Å²) in [6.07, 6.45) is 0.762. The molecule has 0 saturated carbocycles. The Kier molecular flexibility index (Phi) is 5.03. The van der Waals surface area contributed by atoms with Crippen LogP contribution in [-0.2, 0) is 6.42 Å². The molecule has 1 aromatic heterocycles. The minimum absolute atomic E-state index is 0.103. The van der Waals surface area contributed by atoms with Crippen LogP contribution in [0.3, 0.4) is 0 Å². The van der Waals surface area contributed by atoms with Gasteiger partial charge in [-0.2, -0.15) is 4.68 Å². The largest absolute Gasteiger partial charge is 0.497 e. The topological polar surface area (TPSA) is 81.9 Å². The lowest BCUT2D eigenvalue weighted by atomic mass is 10.1. The third kappa shape index (κ3) is 4.00. The molecule has 0 bridgehead atoms. The van der Waals surface area contributed by atoms with Gasteiger partial charge in [0.1, 0.15) is 5.75 Å². The number of carbonyl (C=O) groups is 1. The third-order valence-electron chi connectivity index (χ3n) is 3.86. The average Bonchev–Trinajstić information content (AvgIpc) is 3.08. The first-order valence-corrected chi connectivity index (χ1v) is 7.94. The fourth-order valence-corrected chi connectivity index (χ4v) is 2.44. The molecule has 1 amide bonds. The number of carbonyl (C=O) groups excluding carboxylic acids is 1. The molecule has 0 radical (unpaired) electrons. The zero-order chi connectivity index (χ0) is 17.6. The Morgan fingerprint density at radius 1 is 1.12 bits per heavy atom. The van der Waals surface area contributed by atoms with E-state index in [4.69, 9.17) is 4.74 Å². The van der Waals surface area contributed by atoms with E-state index in [1.807, 2.05) is 43.3 Å². The molecular weight excluding hydrogens is 318 g/mol. The van der Waals surface area contributed by atoms with E-state index in [1.54, 1.807) is 23.9 Å². The van der Waals surface area contributed by atoms with Gasteiger partial charge in [0, 0.05) is 12.1 Å². The molecule has 3 aromatic rings. The van der Waals surface area contributed by atoms with Gasteiger partial charge in [-0.15, -0.1) is 5.10 Å². The first-order chi connectivity index (χ1) is 12.2. The smallest absolute Gasteiger partial charge is 0.251 e. The molecule has 0 aliphatic heterocycles. The molecule has 7 nitrogen and oxygen atoms in total. The summed E-state index contributed by atoms with van der Waals surface area (Å²) in [7, 11) is 1.64. The predicted octanol–water partition coefficient (Wildman–Crippen LogP) is 1.95. The lowest BCUT2D eigenvalue weighted by Crippen LogP contribution is -2.25. The van der Waals surface area contributed by atoms with Gasteiger partial charge in [0.05, 0.1) is 12.8 Å². The van der Waals surface area contributed by atoms with Gasteiger partial charge in [0.15, 0.2) is 5.82 Å². The lowest BCUT2D eigenvalue weighted by molar-refractivity contribution is 0.0954. The van der Waals surface area contributed by atoms with Gasteiger partial charge in [-0.3, -0.25) is 4.79 Å². The van der Waals surface area contributed by atoms with E-state index in [0.29, 0.717) is 17.9 Å². The zero-order valence-electron chi connectivity index (χ0n) is 14.1. The van der Waals surface area contributed by atoms with Crippen LogP contribution in [0.4, 0.5) is 0 Å². The number of aromatic nitrogens is 4. The normalized spacial score (nSPS) is 10.5. The number of hydrogen-bond acceptors (Lipinski definition) is 5. The summed E-state index contributed by atoms with van der Waals surface area (Å²) in [4.78, 5) is 12.2. The Hall–Kier alpha value is -3.22. The number of tetrazole rings is 1. The number of amides is 1. The fourth-order valence-electron chi connectivity index (χ4n) is 2.44. The van der Waals surface area contributed by atoms with Crippen LogP contribution < -0.4 is 10.1 Å². The number of benzene rings is 2. The molecule has 2 aromatic carbocycles. The maximum Gasteiger partial charge on any atom is 0.251 e. The number of nitrogens with one attached hydrogen (secondary N) is 1. The molecule has 0 atom stereocenters. The van der Waals surface area contributed by atoms with Gasteiger partial charge in [-0.25, -0.2) is 0 Å². The summed E-state index contributed by atoms with van der Waals surface area (Å²) in [5, 5.41) is 14.3. The van der Waals surface area contributed by atoms with Gasteiger partial charge < -0.3 is 10.1 Å². The summed E-state index contributed by atoms with van der Waals surface area (Å²) in [5.74, 6) is 1.41. The average molecular weight is 337 g/mol. The summed E-state index contributed by atoms with van der Waals surface area (Å²) in [6, 6.07) is 15.0. The van der Waals surface area contributed by atoms with Crippen LogP contribution in [0.25, 0.3) is 5.69 Å². The van der Waals surface area contributed by atoms with Gasteiger partial charge in [-0.1, -0.05) is 12.1 Å². The van der Waals surface area contributed by atoms with Crippen LogP contribution in [0.2, 0.25) is 0 Å². The second-order valence-electron chi connectivity index (χ2n) is 5.54. The van der Waals surface area contributed by atoms with E-state index in [0.717, 1.165) is 23.4 Å². The van der Waals surface area contributed by atoms with Crippen LogP contribution in [0.1, 0.15) is 21.7 Å². The first kappa shape index (κ1) is 16.6. The van der Waals surface area contributed by atoms with Crippen molar-refractivity contribution in [2.75, 3.05) is 13.7 Å². The highest BCUT2D eigenvalue weighted by Crippen LogP contribution is 2.12. The van der Waals surface area contributed by atoms with E-state index in [1.165, 1.54) is 0 Å². The van der Waals surface area contributed by atoms with E-state index in [-0.39, 0.29) is 5.91 Å². The minimum Gasteiger partial charge on any atom is -0.497 e. The fraction of sp³-hybridized carbons (Fsp3) is 0.222. The van der Waals surface area contributed by atoms with Crippen LogP contribution in [-0.4, -0.2) is 39.8 Å². The number of methoxy groups -OCH3 is 1. The first-order valence-electron chi connectivity index (χ1n) is 7.94. The third-order valence-corrected chi connectivity index (χ3v) is 3.86. The molecule has 128 valence electrons. The lowest BCUT2D eigenvalue weighted by Gasteiger charge is -2.07. The second kappa shape index (κ2) is 7.57. The molecule has 0 unspecified atom stereocenters. The molecule has 3 rings (SSSR count). The van der Waals surface area contributed by atoms with Gasteiger partial charge in [0.2, 0.25) is 0 Å². The van der Waals surface area contributed by atoms with Crippen molar-refractivity contribution in [2.24, 2.45) is 0 Å².